The number of nitrogens with one attached hydrogen (secondary N) is 1. The summed E-state index contributed by atoms with van der Waals surface area (Å²) in [5.41, 5.74) is 7.80. The van der Waals surface area contributed by atoms with Crippen LogP contribution >= 0.6 is 0 Å². The van der Waals surface area contributed by atoms with E-state index in [-0.39, 0.29) is 18.6 Å². The molecule has 0 spiro atoms. The molecular formula is C45H38N2O4. The van der Waals surface area contributed by atoms with E-state index in [1.807, 2.05) is 97.1 Å². The molecule has 0 radical (unpaired) electrons. The zero-order valence-electron chi connectivity index (χ0n) is 28.1. The zero-order chi connectivity index (χ0) is 34.6. The van der Waals surface area contributed by atoms with Gasteiger partial charge in [-0.3, -0.25) is 4.79 Å². The van der Waals surface area contributed by atoms with Gasteiger partial charge in [-0.2, -0.15) is 0 Å². The van der Waals surface area contributed by atoms with E-state index < -0.39 is 11.6 Å². The van der Waals surface area contributed by atoms with Crippen molar-refractivity contribution in [3.8, 4) is 28.0 Å². The van der Waals surface area contributed by atoms with Crippen LogP contribution in [0.4, 0.5) is 0 Å². The Hall–Kier alpha value is -5.98. The van der Waals surface area contributed by atoms with Crippen molar-refractivity contribution in [3.63, 3.8) is 0 Å². The minimum absolute atomic E-state index is 0.0695. The molecule has 252 valence electrons. The van der Waals surface area contributed by atoms with Crippen LogP contribution in [-0.4, -0.2) is 35.7 Å². The van der Waals surface area contributed by atoms with E-state index in [1.54, 1.807) is 0 Å². The molecule has 0 aromatic heterocycles. The Morgan fingerprint density at radius 1 is 0.686 bits per heavy atom. The predicted octanol–water partition coefficient (Wildman–Crippen LogP) is 8.50. The van der Waals surface area contributed by atoms with Gasteiger partial charge >= 0.3 is 0 Å². The van der Waals surface area contributed by atoms with Crippen molar-refractivity contribution in [2.75, 3.05) is 13.2 Å². The first kappa shape index (κ1) is 32.2. The summed E-state index contributed by atoms with van der Waals surface area (Å²) in [6.07, 6.45) is 0.159. The maximum absolute atomic E-state index is 15.3. The minimum atomic E-state index is -1.34. The first-order valence-corrected chi connectivity index (χ1v) is 17.4. The largest absolute Gasteiger partial charge is 0.494 e. The summed E-state index contributed by atoms with van der Waals surface area (Å²) in [6.45, 7) is 0.488. The number of fused-ring (bicyclic) bond motifs is 3. The molecule has 1 heterocycles. The van der Waals surface area contributed by atoms with Crippen molar-refractivity contribution in [1.29, 1.82) is 0 Å². The quantitative estimate of drug-likeness (QED) is 0.136. The van der Waals surface area contributed by atoms with Crippen LogP contribution in [0, 0.1) is 0 Å². The normalized spacial score (nSPS) is 17.6. The Morgan fingerprint density at radius 2 is 1.25 bits per heavy atom. The van der Waals surface area contributed by atoms with Crippen LogP contribution in [0.5, 0.6) is 5.75 Å². The molecule has 2 aliphatic rings. The molecule has 0 saturated heterocycles. The van der Waals surface area contributed by atoms with Crippen molar-refractivity contribution in [1.82, 2.24) is 5.32 Å². The van der Waals surface area contributed by atoms with Crippen LogP contribution in [0.3, 0.4) is 0 Å². The number of rotatable bonds is 11. The van der Waals surface area contributed by atoms with Gasteiger partial charge in [-0.25, -0.2) is 4.99 Å². The summed E-state index contributed by atoms with van der Waals surface area (Å²) >= 11 is 0. The SMILES string of the molecule is O=C(NC1c2ccccc2-c2ccccc21)[C@]1(Cc2ccccc2)N=C(c2ccc(OCCCO)cc2)O[C@@H]1c1ccc(-c2ccccc2)cc1. The van der Waals surface area contributed by atoms with Crippen LogP contribution in [0.25, 0.3) is 22.3 Å². The van der Waals surface area contributed by atoms with Gasteiger partial charge in [-0.05, 0) is 68.8 Å². The second-order valence-electron chi connectivity index (χ2n) is 13.0. The van der Waals surface area contributed by atoms with Gasteiger partial charge in [0.15, 0.2) is 11.6 Å². The maximum Gasteiger partial charge on any atom is 0.253 e. The highest BCUT2D eigenvalue weighted by Gasteiger charge is 2.54. The number of aliphatic hydroxyl groups excluding tert-OH is 1. The molecule has 0 unspecified atom stereocenters. The van der Waals surface area contributed by atoms with Crippen LogP contribution in [-0.2, 0) is 16.0 Å². The van der Waals surface area contributed by atoms with E-state index in [2.05, 4.69) is 66.0 Å². The van der Waals surface area contributed by atoms with Crippen molar-refractivity contribution in [2.24, 2.45) is 4.99 Å². The number of benzene rings is 6. The lowest BCUT2D eigenvalue weighted by atomic mass is 9.81. The van der Waals surface area contributed by atoms with E-state index >= 15 is 4.79 Å². The fourth-order valence-corrected chi connectivity index (χ4v) is 7.24. The van der Waals surface area contributed by atoms with E-state index in [9.17, 15) is 0 Å². The summed E-state index contributed by atoms with van der Waals surface area (Å²) in [4.78, 5) is 20.5. The molecule has 0 saturated carbocycles. The lowest BCUT2D eigenvalue weighted by Crippen LogP contribution is -2.50. The zero-order valence-corrected chi connectivity index (χ0v) is 28.1. The lowest BCUT2D eigenvalue weighted by molar-refractivity contribution is -0.129. The Morgan fingerprint density at radius 3 is 1.90 bits per heavy atom. The molecule has 0 fully saturated rings. The number of carbonyl (C=O) groups excluding carboxylic acids is 1. The third-order valence-corrected chi connectivity index (χ3v) is 9.78. The monoisotopic (exact) mass is 670 g/mol. The Kier molecular flexibility index (Phi) is 8.91. The second-order valence-corrected chi connectivity index (χ2v) is 13.0. The fraction of sp³-hybridized carbons (Fsp3) is 0.156. The highest BCUT2D eigenvalue weighted by Crippen LogP contribution is 2.46. The molecule has 1 aliphatic carbocycles. The van der Waals surface area contributed by atoms with Crippen LogP contribution in [0.15, 0.2) is 163 Å². The summed E-state index contributed by atoms with van der Waals surface area (Å²) in [7, 11) is 0. The van der Waals surface area contributed by atoms with E-state index in [1.165, 1.54) is 0 Å². The van der Waals surface area contributed by atoms with E-state index in [0.717, 1.165) is 50.1 Å². The third-order valence-electron chi connectivity index (χ3n) is 9.78. The molecular weight excluding hydrogens is 633 g/mol. The van der Waals surface area contributed by atoms with Crippen molar-refractivity contribution < 1.29 is 19.4 Å². The summed E-state index contributed by atoms with van der Waals surface area (Å²) in [5, 5.41) is 12.6. The number of nitrogens with zero attached hydrogens (tertiary/aromatic N) is 1. The first-order chi connectivity index (χ1) is 25.1. The van der Waals surface area contributed by atoms with Gasteiger partial charge < -0.3 is 19.9 Å². The number of aliphatic imine (C=N–C) groups is 1. The Labute approximate surface area is 298 Å². The van der Waals surface area contributed by atoms with Gasteiger partial charge in [0, 0.05) is 25.0 Å². The predicted molar refractivity (Wildman–Crippen MR) is 201 cm³/mol. The highest BCUT2D eigenvalue weighted by atomic mass is 16.5. The van der Waals surface area contributed by atoms with Crippen LogP contribution in [0.1, 0.15) is 46.4 Å². The van der Waals surface area contributed by atoms with Gasteiger partial charge in [0.25, 0.3) is 5.91 Å². The van der Waals surface area contributed by atoms with Gasteiger partial charge in [0.2, 0.25) is 5.90 Å². The molecule has 6 heteroatoms. The summed E-state index contributed by atoms with van der Waals surface area (Å²) in [5.74, 6) is 0.872. The summed E-state index contributed by atoms with van der Waals surface area (Å²) in [6, 6.07) is 52.3. The average Bonchev–Trinajstić information content (AvgIpc) is 3.73. The number of aliphatic hydroxyl groups is 1. The van der Waals surface area contributed by atoms with Crippen molar-refractivity contribution >= 4 is 11.8 Å². The van der Waals surface area contributed by atoms with Crippen LogP contribution < -0.4 is 10.1 Å². The summed E-state index contributed by atoms with van der Waals surface area (Å²) < 4.78 is 12.6. The maximum atomic E-state index is 15.3. The Balaban J connectivity index is 1.23. The van der Waals surface area contributed by atoms with E-state index in [4.69, 9.17) is 19.6 Å². The Bertz CT molecular complexity index is 2120. The number of hydrogen-bond donors (Lipinski definition) is 2. The molecule has 2 N–H and O–H groups in total. The van der Waals surface area contributed by atoms with Gasteiger partial charge in [0.1, 0.15) is 5.75 Å². The molecule has 6 aromatic carbocycles. The first-order valence-electron chi connectivity index (χ1n) is 17.4. The standard InChI is InChI=1S/C45H38N2O4/c48-28-11-29-50-36-26-24-35(25-27-36)43-47-45(30-31-12-3-1-4-13-31,42(51-43)34-22-20-33(21-23-34)32-14-5-2-6-15-32)44(49)46-41-39-18-9-7-16-37(39)38-17-8-10-19-40(38)41/h1-10,12-27,41-42,48H,11,28-30H2,(H,46,49)/t42-,45-/m1/s1. The topological polar surface area (TPSA) is 80.2 Å². The van der Waals surface area contributed by atoms with Gasteiger partial charge in [-0.1, -0.05) is 133 Å². The van der Waals surface area contributed by atoms with Crippen molar-refractivity contribution in [3.05, 3.63) is 186 Å². The number of hydrogen-bond acceptors (Lipinski definition) is 5. The van der Waals surface area contributed by atoms with Crippen molar-refractivity contribution in [2.45, 2.75) is 30.5 Å². The molecule has 2 atom stereocenters. The number of carbonyl (C=O) groups is 1. The minimum Gasteiger partial charge on any atom is -0.494 e. The lowest BCUT2D eigenvalue weighted by Gasteiger charge is -2.32. The molecule has 1 amide bonds. The third kappa shape index (κ3) is 6.31. The highest BCUT2D eigenvalue weighted by molar-refractivity contribution is 6.01. The molecule has 6 aromatic rings. The van der Waals surface area contributed by atoms with E-state index in [0.29, 0.717) is 31.1 Å². The molecule has 8 rings (SSSR count). The smallest absolute Gasteiger partial charge is 0.253 e. The fourth-order valence-electron chi connectivity index (χ4n) is 7.24. The number of amides is 1. The molecule has 6 nitrogen and oxygen atoms in total. The van der Waals surface area contributed by atoms with Crippen LogP contribution in [0.2, 0.25) is 0 Å². The second kappa shape index (κ2) is 14.1. The van der Waals surface area contributed by atoms with Gasteiger partial charge in [0.05, 0.1) is 12.6 Å². The number of ether oxygens (including phenoxy) is 2. The average molecular weight is 671 g/mol. The molecule has 1 aliphatic heterocycles. The molecule has 51 heavy (non-hydrogen) atoms. The van der Waals surface area contributed by atoms with Gasteiger partial charge in [-0.15, -0.1) is 0 Å². The molecule has 0 bridgehead atoms.